The summed E-state index contributed by atoms with van der Waals surface area (Å²) in [5.41, 5.74) is 2.85. The van der Waals surface area contributed by atoms with E-state index < -0.39 is 15.9 Å². The highest BCUT2D eigenvalue weighted by molar-refractivity contribution is 7.92. The Morgan fingerprint density at radius 3 is 2.48 bits per heavy atom. The number of rotatable bonds is 6. The van der Waals surface area contributed by atoms with E-state index in [1.807, 2.05) is 26.0 Å². The summed E-state index contributed by atoms with van der Waals surface area (Å²) in [6.07, 6.45) is 1.09. The number of hydrogen-bond donors (Lipinski definition) is 1. The largest absolute Gasteiger partial charge is 0.497 e. The van der Waals surface area contributed by atoms with E-state index in [0.717, 1.165) is 21.7 Å². The number of carbonyl (C=O) groups is 1. The van der Waals surface area contributed by atoms with Crippen LogP contribution in [0.2, 0.25) is 0 Å². The minimum atomic E-state index is -3.61. The van der Waals surface area contributed by atoms with Crippen molar-refractivity contribution < 1.29 is 17.9 Å². The highest BCUT2D eigenvalue weighted by atomic mass is 32.2. The van der Waals surface area contributed by atoms with Crippen molar-refractivity contribution in [2.24, 2.45) is 0 Å². The Hall–Kier alpha value is -2.54. The zero-order valence-electron chi connectivity index (χ0n) is 14.7. The molecule has 2 aromatic carbocycles. The maximum atomic E-state index is 12.4. The lowest BCUT2D eigenvalue weighted by molar-refractivity contribution is -0.114. The van der Waals surface area contributed by atoms with Crippen LogP contribution in [0.3, 0.4) is 0 Å². The van der Waals surface area contributed by atoms with E-state index in [1.165, 1.54) is 7.11 Å². The van der Waals surface area contributed by atoms with Gasteiger partial charge in [0, 0.05) is 11.8 Å². The smallest absolute Gasteiger partial charge is 0.245 e. The number of benzene rings is 2. The molecule has 6 nitrogen and oxygen atoms in total. The topological polar surface area (TPSA) is 75.7 Å². The fourth-order valence-electron chi connectivity index (χ4n) is 2.50. The average molecular weight is 362 g/mol. The molecule has 0 saturated heterocycles. The SMILES string of the molecule is COc1cccc(NC(=O)CN(c2ccc(C)cc2C)S(C)(=O)=O)c1. The number of aryl methyl sites for hydroxylation is 2. The minimum Gasteiger partial charge on any atom is -0.497 e. The fourth-order valence-corrected chi connectivity index (χ4v) is 3.41. The van der Waals surface area contributed by atoms with Gasteiger partial charge in [0.05, 0.1) is 19.1 Å². The van der Waals surface area contributed by atoms with E-state index in [9.17, 15) is 13.2 Å². The van der Waals surface area contributed by atoms with Crippen LogP contribution in [0.5, 0.6) is 5.75 Å². The molecule has 2 rings (SSSR count). The van der Waals surface area contributed by atoms with Gasteiger partial charge >= 0.3 is 0 Å². The molecule has 2 aromatic rings. The average Bonchev–Trinajstić information content (AvgIpc) is 2.52. The van der Waals surface area contributed by atoms with Gasteiger partial charge in [0.2, 0.25) is 15.9 Å². The van der Waals surface area contributed by atoms with Crippen molar-refractivity contribution in [3.63, 3.8) is 0 Å². The summed E-state index contributed by atoms with van der Waals surface area (Å²) in [7, 11) is -2.07. The van der Waals surface area contributed by atoms with E-state index in [0.29, 0.717) is 17.1 Å². The second-order valence-corrected chi connectivity index (χ2v) is 7.75. The summed E-state index contributed by atoms with van der Waals surface area (Å²) in [6.45, 7) is 3.44. The molecule has 0 saturated carbocycles. The Morgan fingerprint density at radius 2 is 1.88 bits per heavy atom. The molecule has 0 bridgehead atoms. The van der Waals surface area contributed by atoms with Crippen LogP contribution in [0, 0.1) is 13.8 Å². The Morgan fingerprint density at radius 1 is 1.16 bits per heavy atom. The molecular formula is C18H22N2O4S. The van der Waals surface area contributed by atoms with Gasteiger partial charge in [0.25, 0.3) is 0 Å². The van der Waals surface area contributed by atoms with E-state index in [1.54, 1.807) is 30.3 Å². The Labute approximate surface area is 148 Å². The lowest BCUT2D eigenvalue weighted by Crippen LogP contribution is -2.37. The molecule has 25 heavy (non-hydrogen) atoms. The van der Waals surface area contributed by atoms with Gasteiger partial charge < -0.3 is 10.1 Å². The fraction of sp³-hybridized carbons (Fsp3) is 0.278. The van der Waals surface area contributed by atoms with Crippen LogP contribution in [0.25, 0.3) is 0 Å². The maximum Gasteiger partial charge on any atom is 0.245 e. The standard InChI is InChI=1S/C18H22N2O4S/c1-13-8-9-17(14(2)10-13)20(25(4,22)23)12-18(21)19-15-6-5-7-16(11-15)24-3/h5-11H,12H2,1-4H3,(H,19,21). The molecule has 1 amide bonds. The lowest BCUT2D eigenvalue weighted by Gasteiger charge is -2.24. The number of amides is 1. The van der Waals surface area contributed by atoms with Crippen molar-refractivity contribution in [2.75, 3.05) is 29.5 Å². The van der Waals surface area contributed by atoms with Gasteiger partial charge in [-0.25, -0.2) is 8.42 Å². The van der Waals surface area contributed by atoms with E-state index in [2.05, 4.69) is 5.32 Å². The van der Waals surface area contributed by atoms with Crippen LogP contribution >= 0.6 is 0 Å². The monoisotopic (exact) mass is 362 g/mol. The molecule has 7 heteroatoms. The van der Waals surface area contributed by atoms with Crippen molar-refractivity contribution >= 4 is 27.3 Å². The van der Waals surface area contributed by atoms with Crippen LogP contribution in [-0.4, -0.2) is 34.2 Å². The molecule has 0 radical (unpaired) electrons. The molecule has 0 aliphatic carbocycles. The van der Waals surface area contributed by atoms with Crippen molar-refractivity contribution in [1.29, 1.82) is 0 Å². The van der Waals surface area contributed by atoms with Crippen LogP contribution in [0.1, 0.15) is 11.1 Å². The molecule has 134 valence electrons. The summed E-state index contributed by atoms with van der Waals surface area (Å²) in [4.78, 5) is 12.4. The molecule has 0 aliphatic heterocycles. The van der Waals surface area contributed by atoms with Crippen LogP contribution in [0.15, 0.2) is 42.5 Å². The first kappa shape index (κ1) is 18.8. The number of anilines is 2. The first-order valence-corrected chi connectivity index (χ1v) is 9.54. The quantitative estimate of drug-likeness (QED) is 0.857. The number of hydrogen-bond acceptors (Lipinski definition) is 4. The van der Waals surface area contributed by atoms with E-state index in [4.69, 9.17) is 4.74 Å². The Bertz CT molecular complexity index is 878. The van der Waals surface area contributed by atoms with Crippen molar-refractivity contribution in [1.82, 2.24) is 0 Å². The molecule has 0 spiro atoms. The number of ether oxygens (including phenoxy) is 1. The zero-order chi connectivity index (χ0) is 18.6. The normalized spacial score (nSPS) is 11.0. The van der Waals surface area contributed by atoms with Gasteiger partial charge in [-0.1, -0.05) is 23.8 Å². The lowest BCUT2D eigenvalue weighted by atomic mass is 10.1. The van der Waals surface area contributed by atoms with Gasteiger partial charge in [-0.3, -0.25) is 9.10 Å². The highest BCUT2D eigenvalue weighted by Crippen LogP contribution is 2.24. The Kier molecular flexibility index (Phi) is 5.69. The number of carbonyl (C=O) groups excluding carboxylic acids is 1. The summed E-state index contributed by atoms with van der Waals surface area (Å²) >= 11 is 0. The molecule has 0 fully saturated rings. The highest BCUT2D eigenvalue weighted by Gasteiger charge is 2.22. The van der Waals surface area contributed by atoms with E-state index >= 15 is 0 Å². The van der Waals surface area contributed by atoms with Gasteiger partial charge in [0.1, 0.15) is 12.3 Å². The third kappa shape index (κ3) is 4.96. The first-order valence-electron chi connectivity index (χ1n) is 7.69. The Balaban J connectivity index is 2.24. The molecule has 0 unspecified atom stereocenters. The molecular weight excluding hydrogens is 340 g/mol. The molecule has 0 atom stereocenters. The number of nitrogens with one attached hydrogen (secondary N) is 1. The molecule has 0 heterocycles. The third-order valence-corrected chi connectivity index (χ3v) is 4.79. The third-order valence-electron chi connectivity index (χ3n) is 3.66. The van der Waals surface area contributed by atoms with Gasteiger partial charge in [0.15, 0.2) is 0 Å². The summed E-state index contributed by atoms with van der Waals surface area (Å²) < 4.78 is 30.6. The van der Waals surface area contributed by atoms with Crippen molar-refractivity contribution in [3.05, 3.63) is 53.6 Å². The molecule has 1 N–H and O–H groups in total. The van der Waals surface area contributed by atoms with Crippen molar-refractivity contribution in [3.8, 4) is 5.75 Å². The number of nitrogens with zero attached hydrogens (tertiary/aromatic N) is 1. The minimum absolute atomic E-state index is 0.306. The predicted molar refractivity (Wildman–Crippen MR) is 99.7 cm³/mol. The first-order chi connectivity index (χ1) is 11.7. The van der Waals surface area contributed by atoms with Gasteiger partial charge in [-0.2, -0.15) is 0 Å². The summed E-state index contributed by atoms with van der Waals surface area (Å²) in [5.74, 6) is 0.172. The second-order valence-electron chi connectivity index (χ2n) is 5.84. The summed E-state index contributed by atoms with van der Waals surface area (Å²) in [6, 6.07) is 12.3. The maximum absolute atomic E-state index is 12.4. The zero-order valence-corrected chi connectivity index (χ0v) is 15.6. The number of sulfonamides is 1. The predicted octanol–water partition coefficient (Wildman–Crippen LogP) is 2.72. The van der Waals surface area contributed by atoms with Crippen LogP contribution in [-0.2, 0) is 14.8 Å². The molecule has 0 aliphatic rings. The van der Waals surface area contributed by atoms with Crippen LogP contribution < -0.4 is 14.4 Å². The van der Waals surface area contributed by atoms with Crippen molar-refractivity contribution in [2.45, 2.75) is 13.8 Å². The second kappa shape index (κ2) is 7.57. The van der Waals surface area contributed by atoms with Crippen LogP contribution in [0.4, 0.5) is 11.4 Å². The van der Waals surface area contributed by atoms with Gasteiger partial charge in [-0.15, -0.1) is 0 Å². The number of methoxy groups -OCH3 is 1. The van der Waals surface area contributed by atoms with Gasteiger partial charge in [-0.05, 0) is 37.6 Å². The summed E-state index contributed by atoms with van der Waals surface area (Å²) in [5, 5.41) is 2.69. The molecule has 0 aromatic heterocycles. The van der Waals surface area contributed by atoms with E-state index in [-0.39, 0.29) is 6.54 Å².